The molecule has 0 N–H and O–H groups in total. The molecular formula is C29H27F4NO3. The van der Waals surface area contributed by atoms with E-state index in [9.17, 15) is 22.4 Å². The second-order valence-corrected chi connectivity index (χ2v) is 9.76. The van der Waals surface area contributed by atoms with Gasteiger partial charge in [-0.2, -0.15) is 0 Å². The number of likely N-dealkylation sites (tertiary alicyclic amines) is 1. The Balaban J connectivity index is 1.27. The minimum absolute atomic E-state index is 0.0985. The number of ketones is 1. The lowest BCUT2D eigenvalue weighted by Gasteiger charge is -2.44. The van der Waals surface area contributed by atoms with E-state index >= 15 is 0 Å². The van der Waals surface area contributed by atoms with Crippen molar-refractivity contribution in [3.05, 3.63) is 94.8 Å². The predicted molar refractivity (Wildman–Crippen MR) is 130 cm³/mol. The highest BCUT2D eigenvalue weighted by molar-refractivity contribution is 5.94. The molecule has 2 fully saturated rings. The van der Waals surface area contributed by atoms with E-state index in [-0.39, 0.29) is 29.1 Å². The lowest BCUT2D eigenvalue weighted by molar-refractivity contribution is -0.274. The topological polar surface area (TPSA) is 38.8 Å². The summed E-state index contributed by atoms with van der Waals surface area (Å²) in [4.78, 5) is 14.0. The van der Waals surface area contributed by atoms with Crippen molar-refractivity contribution in [3.8, 4) is 11.5 Å². The number of nitrogens with zero attached hydrogens (tertiary/aromatic N) is 1. The maximum Gasteiger partial charge on any atom is 0.573 e. The first-order valence-corrected chi connectivity index (χ1v) is 12.3. The Labute approximate surface area is 212 Å². The Morgan fingerprint density at radius 2 is 1.65 bits per heavy atom. The molecule has 194 valence electrons. The van der Waals surface area contributed by atoms with Crippen molar-refractivity contribution in [3.63, 3.8) is 0 Å². The number of rotatable bonds is 9. The first-order chi connectivity index (χ1) is 17.7. The van der Waals surface area contributed by atoms with Crippen molar-refractivity contribution in [2.24, 2.45) is 5.92 Å². The fraction of sp³-hybridized carbons (Fsp3) is 0.345. The summed E-state index contributed by atoms with van der Waals surface area (Å²) >= 11 is 0. The van der Waals surface area contributed by atoms with Crippen LogP contribution in [0.3, 0.4) is 0 Å². The lowest BCUT2D eigenvalue weighted by Crippen LogP contribution is -2.51. The van der Waals surface area contributed by atoms with Crippen LogP contribution in [0.1, 0.15) is 58.8 Å². The number of hydrogen-bond acceptors (Lipinski definition) is 4. The average molecular weight is 514 g/mol. The van der Waals surface area contributed by atoms with Gasteiger partial charge in [-0.25, -0.2) is 4.39 Å². The number of carbonyl (C=O) groups is 1. The Hall–Kier alpha value is -3.39. The molecule has 4 nitrogen and oxygen atoms in total. The number of halogens is 4. The van der Waals surface area contributed by atoms with E-state index in [1.807, 2.05) is 30.3 Å². The summed E-state index contributed by atoms with van der Waals surface area (Å²) in [7, 11) is 0. The summed E-state index contributed by atoms with van der Waals surface area (Å²) in [5.74, 6) is -0.106. The van der Waals surface area contributed by atoms with Gasteiger partial charge in [0.05, 0.1) is 18.2 Å². The Morgan fingerprint density at radius 1 is 1.00 bits per heavy atom. The lowest BCUT2D eigenvalue weighted by atomic mass is 9.90. The first kappa shape index (κ1) is 25.3. The smallest absolute Gasteiger partial charge is 0.493 e. The second kappa shape index (κ2) is 10.2. The standard InChI is InChI=1S/C29H27F4NO3/c1-18(35)24-13-25(20-7-8-20)27(14-26(24)30)36-17-19-15-34(16-19)28(21-5-3-2-4-6-21)22-9-11-23(12-10-22)37-29(31,32)33/h2-6,9-14,19-20,28H,7-8,15-17H2,1H3. The number of benzene rings is 3. The van der Waals surface area contributed by atoms with Crippen LogP contribution in [0.2, 0.25) is 0 Å². The normalized spacial score (nSPS) is 17.2. The molecule has 0 spiro atoms. The molecule has 5 rings (SSSR count). The number of carbonyl (C=O) groups excluding carboxylic acids is 1. The maximum atomic E-state index is 14.5. The monoisotopic (exact) mass is 513 g/mol. The van der Waals surface area contributed by atoms with Crippen LogP contribution in [-0.4, -0.2) is 36.7 Å². The van der Waals surface area contributed by atoms with Gasteiger partial charge in [-0.1, -0.05) is 42.5 Å². The third kappa shape index (κ3) is 5.96. The van der Waals surface area contributed by atoms with Crippen LogP contribution in [-0.2, 0) is 0 Å². The fourth-order valence-electron chi connectivity index (χ4n) is 4.91. The van der Waals surface area contributed by atoms with E-state index in [1.165, 1.54) is 25.1 Å². The summed E-state index contributed by atoms with van der Waals surface area (Å²) in [6, 6.07) is 18.6. The predicted octanol–water partition coefficient (Wildman–Crippen LogP) is 6.90. The van der Waals surface area contributed by atoms with Gasteiger partial charge in [0.25, 0.3) is 0 Å². The third-order valence-corrected chi connectivity index (χ3v) is 6.87. The van der Waals surface area contributed by atoms with Crippen LogP contribution in [0.25, 0.3) is 0 Å². The van der Waals surface area contributed by atoms with Gasteiger partial charge in [0, 0.05) is 25.1 Å². The number of Topliss-reactive ketones (excluding diaryl/α,β-unsaturated/α-hetero) is 1. The average Bonchev–Trinajstić information content (AvgIpc) is 3.66. The van der Waals surface area contributed by atoms with Crippen LogP contribution in [0.4, 0.5) is 17.6 Å². The van der Waals surface area contributed by atoms with Crippen LogP contribution in [0, 0.1) is 11.7 Å². The van der Waals surface area contributed by atoms with Gasteiger partial charge in [-0.3, -0.25) is 9.69 Å². The molecule has 1 saturated heterocycles. The minimum atomic E-state index is -4.74. The summed E-state index contributed by atoms with van der Waals surface area (Å²) in [6.07, 6.45) is -2.73. The molecule has 3 aromatic carbocycles. The highest BCUT2D eigenvalue weighted by atomic mass is 19.4. The first-order valence-electron chi connectivity index (χ1n) is 12.3. The molecule has 1 saturated carbocycles. The van der Waals surface area contributed by atoms with E-state index in [0.29, 0.717) is 31.4 Å². The largest absolute Gasteiger partial charge is 0.573 e. The Morgan fingerprint density at radius 3 is 2.24 bits per heavy atom. The summed E-state index contributed by atoms with van der Waals surface area (Å²) in [5.41, 5.74) is 2.88. The zero-order valence-electron chi connectivity index (χ0n) is 20.3. The quantitative estimate of drug-likeness (QED) is 0.230. The summed E-state index contributed by atoms with van der Waals surface area (Å²) < 4.78 is 62.2. The summed E-state index contributed by atoms with van der Waals surface area (Å²) in [6.45, 7) is 3.20. The molecule has 1 unspecified atom stereocenters. The van der Waals surface area contributed by atoms with Crippen LogP contribution >= 0.6 is 0 Å². The molecule has 8 heteroatoms. The highest BCUT2D eigenvalue weighted by Crippen LogP contribution is 2.45. The van der Waals surface area contributed by atoms with Gasteiger partial charge in [0.15, 0.2) is 5.78 Å². The molecule has 1 atom stereocenters. The molecule has 3 aromatic rings. The van der Waals surface area contributed by atoms with Gasteiger partial charge in [0.2, 0.25) is 0 Å². The SMILES string of the molecule is CC(=O)c1cc(C2CC2)c(OCC2CN(C(c3ccccc3)c3ccc(OC(F)(F)F)cc3)C2)cc1F. The van der Waals surface area contributed by atoms with Crippen LogP contribution in [0.5, 0.6) is 11.5 Å². The highest BCUT2D eigenvalue weighted by Gasteiger charge is 2.36. The second-order valence-electron chi connectivity index (χ2n) is 9.76. The van der Waals surface area contributed by atoms with Gasteiger partial charge < -0.3 is 9.47 Å². The van der Waals surface area contributed by atoms with E-state index in [4.69, 9.17) is 4.74 Å². The minimum Gasteiger partial charge on any atom is -0.493 e. The third-order valence-electron chi connectivity index (χ3n) is 6.87. The molecule has 37 heavy (non-hydrogen) atoms. The Kier molecular flexibility index (Phi) is 6.94. The van der Waals surface area contributed by atoms with Crippen molar-refractivity contribution in [1.82, 2.24) is 4.90 Å². The van der Waals surface area contributed by atoms with E-state index in [2.05, 4.69) is 9.64 Å². The van der Waals surface area contributed by atoms with Gasteiger partial charge >= 0.3 is 6.36 Å². The van der Waals surface area contributed by atoms with E-state index in [1.54, 1.807) is 18.2 Å². The van der Waals surface area contributed by atoms with E-state index in [0.717, 1.165) is 29.5 Å². The Bertz CT molecular complexity index is 1250. The van der Waals surface area contributed by atoms with Crippen molar-refractivity contribution in [2.75, 3.05) is 19.7 Å². The maximum absolute atomic E-state index is 14.5. The molecule has 1 heterocycles. The van der Waals surface area contributed by atoms with Gasteiger partial charge in [0.1, 0.15) is 17.3 Å². The number of alkyl halides is 3. The van der Waals surface area contributed by atoms with Crippen LogP contribution < -0.4 is 9.47 Å². The molecule has 1 aliphatic heterocycles. The van der Waals surface area contributed by atoms with E-state index < -0.39 is 12.2 Å². The molecule has 1 aliphatic carbocycles. The van der Waals surface area contributed by atoms with Crippen molar-refractivity contribution < 1.29 is 31.8 Å². The van der Waals surface area contributed by atoms with Crippen LogP contribution in [0.15, 0.2) is 66.7 Å². The molecule has 0 bridgehead atoms. The number of ether oxygens (including phenoxy) is 2. The van der Waals surface area contributed by atoms with Crippen molar-refractivity contribution >= 4 is 5.78 Å². The van der Waals surface area contributed by atoms with Gasteiger partial charge in [-0.15, -0.1) is 13.2 Å². The van der Waals surface area contributed by atoms with Gasteiger partial charge in [-0.05, 0) is 60.6 Å². The molecule has 0 radical (unpaired) electrons. The molecule has 2 aliphatic rings. The molecular weight excluding hydrogens is 486 g/mol. The number of hydrogen-bond donors (Lipinski definition) is 0. The molecule has 0 aromatic heterocycles. The summed E-state index contributed by atoms with van der Waals surface area (Å²) in [5, 5.41) is 0. The zero-order chi connectivity index (χ0) is 26.2. The zero-order valence-corrected chi connectivity index (χ0v) is 20.3. The van der Waals surface area contributed by atoms with Crippen molar-refractivity contribution in [1.29, 1.82) is 0 Å². The van der Waals surface area contributed by atoms with Crippen molar-refractivity contribution in [2.45, 2.75) is 38.1 Å². The molecule has 0 amide bonds. The fourth-order valence-corrected chi connectivity index (χ4v) is 4.91.